The van der Waals surface area contributed by atoms with E-state index in [2.05, 4.69) is 5.32 Å². The molecule has 2 heterocycles. The number of nitrogens with one attached hydrogen (secondary N) is 1. The zero-order valence-electron chi connectivity index (χ0n) is 11.8. The van der Waals surface area contributed by atoms with E-state index in [4.69, 9.17) is 9.47 Å². The zero-order chi connectivity index (χ0) is 13.0. The van der Waals surface area contributed by atoms with Gasteiger partial charge in [-0.2, -0.15) is 0 Å². The molecule has 0 radical (unpaired) electrons. The highest BCUT2D eigenvalue weighted by Gasteiger charge is 2.42. The lowest BCUT2D eigenvalue weighted by atomic mass is 9.90. The third kappa shape index (κ3) is 3.81. The molecule has 2 aliphatic rings. The lowest BCUT2D eigenvalue weighted by molar-refractivity contribution is -0.159. The first kappa shape index (κ1) is 16.7. The molecular formula is C13H25ClN2O3. The molecule has 1 N–H and O–H groups in total. The normalized spacial score (nSPS) is 27.3. The van der Waals surface area contributed by atoms with E-state index in [1.54, 1.807) is 7.11 Å². The molecule has 1 unspecified atom stereocenters. The predicted octanol–water partition coefficient (Wildman–Crippen LogP) is 0.814. The number of ether oxygens (including phenoxy) is 2. The maximum absolute atomic E-state index is 12.7. The van der Waals surface area contributed by atoms with Gasteiger partial charge in [0.05, 0.1) is 6.10 Å². The monoisotopic (exact) mass is 292 g/mol. The number of piperidine rings is 1. The fraction of sp³-hybridized carbons (Fsp3) is 0.923. The Bertz CT molecular complexity index is 296. The Morgan fingerprint density at radius 3 is 2.74 bits per heavy atom. The largest absolute Gasteiger partial charge is 0.377 e. The number of carbonyl (C=O) groups excluding carboxylic acids is 1. The fourth-order valence-electron chi connectivity index (χ4n) is 2.80. The maximum atomic E-state index is 12.7. The summed E-state index contributed by atoms with van der Waals surface area (Å²) in [5.41, 5.74) is -0.616. The van der Waals surface area contributed by atoms with Gasteiger partial charge in [-0.1, -0.05) is 0 Å². The molecule has 2 aliphatic heterocycles. The van der Waals surface area contributed by atoms with Crippen LogP contribution in [-0.2, 0) is 14.3 Å². The number of hydrogen-bond acceptors (Lipinski definition) is 4. The Morgan fingerprint density at radius 1 is 1.42 bits per heavy atom. The third-order valence-corrected chi connectivity index (χ3v) is 3.93. The number of hydrogen-bond donors (Lipinski definition) is 1. The van der Waals surface area contributed by atoms with Gasteiger partial charge in [0.1, 0.15) is 5.60 Å². The van der Waals surface area contributed by atoms with Crippen LogP contribution in [0.15, 0.2) is 0 Å². The van der Waals surface area contributed by atoms with Gasteiger partial charge in [-0.25, -0.2) is 0 Å². The van der Waals surface area contributed by atoms with E-state index in [0.717, 1.165) is 45.5 Å². The van der Waals surface area contributed by atoms with Gasteiger partial charge >= 0.3 is 0 Å². The Morgan fingerprint density at radius 2 is 2.11 bits per heavy atom. The highest BCUT2D eigenvalue weighted by atomic mass is 35.5. The van der Waals surface area contributed by atoms with Gasteiger partial charge in [0.25, 0.3) is 5.91 Å². The summed E-state index contributed by atoms with van der Waals surface area (Å²) in [7, 11) is 1.65. The van der Waals surface area contributed by atoms with Gasteiger partial charge in [0, 0.05) is 26.8 Å². The van der Waals surface area contributed by atoms with E-state index in [-0.39, 0.29) is 24.4 Å². The van der Waals surface area contributed by atoms with Crippen molar-refractivity contribution < 1.29 is 14.3 Å². The molecule has 0 aromatic carbocycles. The molecule has 0 spiro atoms. The van der Waals surface area contributed by atoms with Crippen molar-refractivity contribution in [3.8, 4) is 0 Å². The van der Waals surface area contributed by atoms with Crippen LogP contribution < -0.4 is 5.32 Å². The minimum absolute atomic E-state index is 0. The van der Waals surface area contributed by atoms with E-state index in [1.165, 1.54) is 0 Å². The Kier molecular flexibility index (Phi) is 6.53. The average molecular weight is 293 g/mol. The fourth-order valence-corrected chi connectivity index (χ4v) is 2.80. The summed E-state index contributed by atoms with van der Waals surface area (Å²) in [6, 6.07) is 0. The van der Waals surface area contributed by atoms with Crippen LogP contribution in [0.2, 0.25) is 0 Å². The lowest BCUT2D eigenvalue weighted by Gasteiger charge is -2.38. The number of nitrogens with zero attached hydrogens (tertiary/aromatic N) is 1. The van der Waals surface area contributed by atoms with Crippen molar-refractivity contribution in [2.45, 2.75) is 37.9 Å². The van der Waals surface area contributed by atoms with Crippen LogP contribution in [0.25, 0.3) is 0 Å². The number of carbonyl (C=O) groups is 1. The number of halogens is 1. The summed E-state index contributed by atoms with van der Waals surface area (Å²) in [6.45, 7) is 5.91. The van der Waals surface area contributed by atoms with Crippen LogP contribution in [0.1, 0.15) is 26.2 Å². The smallest absolute Gasteiger partial charge is 0.254 e. The summed E-state index contributed by atoms with van der Waals surface area (Å²) in [6.07, 6.45) is 2.54. The standard InChI is InChI=1S/C13H24N2O3.ClH/c1-11-10-15(8-3-9-18-11)12(16)13(17-2)4-6-14-7-5-13;/h11,14H,3-10H2,1-2H3;1H. The molecule has 5 nitrogen and oxygen atoms in total. The van der Waals surface area contributed by atoms with Crippen molar-refractivity contribution >= 4 is 18.3 Å². The molecule has 0 aromatic heterocycles. The third-order valence-electron chi connectivity index (χ3n) is 3.93. The van der Waals surface area contributed by atoms with Gasteiger partial charge in [-0.05, 0) is 39.3 Å². The summed E-state index contributed by atoms with van der Waals surface area (Å²) < 4.78 is 11.2. The van der Waals surface area contributed by atoms with Crippen molar-refractivity contribution in [3.05, 3.63) is 0 Å². The first-order valence-electron chi connectivity index (χ1n) is 6.85. The molecule has 6 heteroatoms. The van der Waals surface area contributed by atoms with Crippen LogP contribution in [0, 0.1) is 0 Å². The Balaban J connectivity index is 0.00000180. The summed E-state index contributed by atoms with van der Waals surface area (Å²) in [4.78, 5) is 14.6. The molecule has 1 atom stereocenters. The second-order valence-electron chi connectivity index (χ2n) is 5.23. The van der Waals surface area contributed by atoms with Gasteiger partial charge in [-0.3, -0.25) is 4.79 Å². The topological polar surface area (TPSA) is 50.8 Å². The van der Waals surface area contributed by atoms with Crippen molar-refractivity contribution in [1.82, 2.24) is 10.2 Å². The van der Waals surface area contributed by atoms with E-state index < -0.39 is 5.60 Å². The predicted molar refractivity (Wildman–Crippen MR) is 75.7 cm³/mol. The van der Waals surface area contributed by atoms with Crippen molar-refractivity contribution in [2.75, 3.05) is 39.9 Å². The van der Waals surface area contributed by atoms with Crippen molar-refractivity contribution in [1.29, 1.82) is 0 Å². The molecule has 2 saturated heterocycles. The summed E-state index contributed by atoms with van der Waals surface area (Å²) in [5, 5.41) is 3.28. The van der Waals surface area contributed by atoms with Crippen LogP contribution in [0.4, 0.5) is 0 Å². The molecule has 0 saturated carbocycles. The molecule has 0 aromatic rings. The minimum atomic E-state index is -0.616. The molecule has 112 valence electrons. The van der Waals surface area contributed by atoms with Crippen LogP contribution in [-0.4, -0.2) is 62.4 Å². The first-order chi connectivity index (χ1) is 8.68. The maximum Gasteiger partial charge on any atom is 0.254 e. The molecular weight excluding hydrogens is 268 g/mol. The van der Waals surface area contributed by atoms with Gasteiger partial charge in [0.2, 0.25) is 0 Å². The van der Waals surface area contributed by atoms with Gasteiger partial charge in [-0.15, -0.1) is 12.4 Å². The highest BCUT2D eigenvalue weighted by Crippen LogP contribution is 2.26. The molecule has 0 bridgehead atoms. The van der Waals surface area contributed by atoms with Crippen LogP contribution >= 0.6 is 12.4 Å². The Hall–Kier alpha value is -0.360. The number of rotatable bonds is 2. The van der Waals surface area contributed by atoms with Crippen molar-refractivity contribution in [3.63, 3.8) is 0 Å². The SMILES string of the molecule is COC1(C(=O)N2CCCOC(C)C2)CCNCC1.Cl. The minimum Gasteiger partial charge on any atom is -0.377 e. The van der Waals surface area contributed by atoms with Crippen LogP contribution in [0.3, 0.4) is 0 Å². The van der Waals surface area contributed by atoms with E-state index >= 15 is 0 Å². The molecule has 2 fully saturated rings. The zero-order valence-corrected chi connectivity index (χ0v) is 12.6. The van der Waals surface area contributed by atoms with E-state index in [9.17, 15) is 4.79 Å². The quantitative estimate of drug-likeness (QED) is 0.818. The molecule has 19 heavy (non-hydrogen) atoms. The van der Waals surface area contributed by atoms with E-state index in [0.29, 0.717) is 6.54 Å². The molecule has 0 aliphatic carbocycles. The second kappa shape index (κ2) is 7.43. The number of methoxy groups -OCH3 is 1. The first-order valence-corrected chi connectivity index (χ1v) is 6.85. The number of amides is 1. The lowest BCUT2D eigenvalue weighted by Crippen LogP contribution is -2.56. The molecule has 2 rings (SSSR count). The summed E-state index contributed by atoms with van der Waals surface area (Å²) in [5.74, 6) is 0.142. The second-order valence-corrected chi connectivity index (χ2v) is 5.23. The van der Waals surface area contributed by atoms with Crippen molar-refractivity contribution in [2.24, 2.45) is 0 Å². The van der Waals surface area contributed by atoms with E-state index in [1.807, 2.05) is 11.8 Å². The molecule has 1 amide bonds. The summed E-state index contributed by atoms with van der Waals surface area (Å²) >= 11 is 0. The highest BCUT2D eigenvalue weighted by molar-refractivity contribution is 5.85. The Labute approximate surface area is 121 Å². The average Bonchev–Trinajstić information content (AvgIpc) is 2.63. The van der Waals surface area contributed by atoms with Gasteiger partial charge in [0.15, 0.2) is 0 Å². The van der Waals surface area contributed by atoms with Gasteiger partial charge < -0.3 is 19.7 Å². The van der Waals surface area contributed by atoms with Crippen LogP contribution in [0.5, 0.6) is 0 Å².